The van der Waals surface area contributed by atoms with E-state index in [0.717, 1.165) is 34.9 Å². The minimum Gasteiger partial charge on any atom is -0.145 e. The molecule has 0 amide bonds. The van der Waals surface area contributed by atoms with Crippen molar-refractivity contribution in [3.8, 4) is 33.4 Å². The van der Waals surface area contributed by atoms with Crippen molar-refractivity contribution in [1.82, 2.24) is 0 Å². The smallest absolute Gasteiger partial charge is 0.108 e. The van der Waals surface area contributed by atoms with Crippen molar-refractivity contribution in [3.05, 3.63) is 130 Å². The Morgan fingerprint density at radius 2 is 0.875 bits per heavy atom. The molecule has 0 bridgehead atoms. The Bertz CT molecular complexity index is 1760. The highest BCUT2D eigenvalue weighted by Gasteiger charge is 2.22. The molecule has 0 heterocycles. The van der Waals surface area contributed by atoms with E-state index in [-0.39, 0.29) is 0 Å². The van der Waals surface area contributed by atoms with Gasteiger partial charge in [0.2, 0.25) is 0 Å². The second kappa shape index (κ2) is 10.7. The molecule has 0 aliphatic rings. The van der Waals surface area contributed by atoms with E-state index in [1.54, 1.807) is 24.3 Å². The zero-order valence-electron chi connectivity index (χ0n) is 22.5. The van der Waals surface area contributed by atoms with Gasteiger partial charge >= 0.3 is 0 Å². The van der Waals surface area contributed by atoms with Crippen LogP contribution in [-0.4, -0.2) is 15.7 Å². The zero-order chi connectivity index (χ0) is 27.6. The topological polar surface area (TPSA) is 58.9 Å². The maximum Gasteiger partial charge on any atom is 0.108 e. The number of nitrogens with zero attached hydrogens (tertiary/aromatic N) is 2. The number of fused-ring (bicyclic) bond motifs is 2. The van der Waals surface area contributed by atoms with Crippen LogP contribution in [0.5, 0.6) is 0 Å². The molecule has 6 aromatic carbocycles. The molecule has 190 valence electrons. The Kier molecular flexibility index (Phi) is 6.83. The maximum absolute atomic E-state index is 11.1. The van der Waals surface area contributed by atoms with E-state index < -0.39 is 0 Å². The molecule has 6 aromatic rings. The fraction of sp³-hybridized carbons (Fsp3) is 0.0588. The molecule has 4 nitrogen and oxygen atoms in total. The van der Waals surface area contributed by atoms with Crippen molar-refractivity contribution in [3.63, 3.8) is 0 Å². The highest BCUT2D eigenvalue weighted by Crippen LogP contribution is 2.46. The predicted octanol–water partition coefficient (Wildman–Crippen LogP) is 8.06. The fourth-order valence-electron chi connectivity index (χ4n) is 6.01. The van der Waals surface area contributed by atoms with E-state index >= 15 is 0 Å². The van der Waals surface area contributed by atoms with Crippen molar-refractivity contribution < 1.29 is 0 Å². The monoisotopic (exact) mass is 516 g/mol. The number of hydrogen-bond acceptors (Lipinski definition) is 4. The number of benzene rings is 6. The molecular formula is C34H26B2N2O2. The summed E-state index contributed by atoms with van der Waals surface area (Å²) in [6.45, 7) is 0. The van der Waals surface area contributed by atoms with Gasteiger partial charge in [0.15, 0.2) is 0 Å². The highest BCUT2D eigenvalue weighted by molar-refractivity contribution is 6.17. The van der Waals surface area contributed by atoms with Crippen LogP contribution in [0.15, 0.2) is 120 Å². The van der Waals surface area contributed by atoms with Crippen LogP contribution in [0.25, 0.3) is 54.9 Å². The minimum atomic E-state index is 0.422. The summed E-state index contributed by atoms with van der Waals surface area (Å²) in [6.07, 6.45) is 1.68. The van der Waals surface area contributed by atoms with E-state index in [9.17, 15) is 9.81 Å². The summed E-state index contributed by atoms with van der Waals surface area (Å²) in [5, 5.41) is 11.0. The first kappa shape index (κ1) is 25.4. The third kappa shape index (κ3) is 4.32. The van der Waals surface area contributed by atoms with Gasteiger partial charge in [-0.25, -0.2) is 0 Å². The second-order valence-electron chi connectivity index (χ2n) is 9.98. The third-order valence-corrected chi connectivity index (χ3v) is 7.84. The first-order chi connectivity index (χ1) is 19.7. The molecule has 0 aliphatic heterocycles. The Morgan fingerprint density at radius 1 is 0.500 bits per heavy atom. The van der Waals surface area contributed by atoms with Crippen molar-refractivity contribution in [2.75, 3.05) is 0 Å². The summed E-state index contributed by atoms with van der Waals surface area (Å²) in [4.78, 5) is 22.2. The Labute approximate surface area is 234 Å². The van der Waals surface area contributed by atoms with Gasteiger partial charge in [0, 0.05) is 0 Å². The lowest BCUT2D eigenvalue weighted by molar-refractivity contribution is 1.37. The van der Waals surface area contributed by atoms with Crippen molar-refractivity contribution >= 4 is 48.6 Å². The van der Waals surface area contributed by atoms with E-state index in [0.29, 0.717) is 11.4 Å². The summed E-state index contributed by atoms with van der Waals surface area (Å²) >= 11 is 0. The summed E-state index contributed by atoms with van der Waals surface area (Å²) in [7, 11) is 4.42. The van der Waals surface area contributed by atoms with Gasteiger partial charge < -0.3 is 0 Å². The zero-order valence-corrected chi connectivity index (χ0v) is 22.5. The largest absolute Gasteiger partial charge is 0.145 e. The van der Waals surface area contributed by atoms with Gasteiger partial charge in [-0.3, -0.25) is 0 Å². The molecule has 6 rings (SSSR count). The van der Waals surface area contributed by atoms with Gasteiger partial charge in [0.05, 0.1) is 0 Å². The van der Waals surface area contributed by atoms with Crippen molar-refractivity contribution in [2.45, 2.75) is 12.6 Å². The third-order valence-electron chi connectivity index (χ3n) is 7.84. The number of nitroso groups, excluding NO2 is 2. The first-order valence-corrected chi connectivity index (χ1v) is 13.6. The molecule has 0 saturated heterocycles. The quantitative estimate of drug-likeness (QED) is 0.159. The average Bonchev–Trinajstić information content (AvgIpc) is 3.03. The van der Waals surface area contributed by atoms with Gasteiger partial charge in [0.25, 0.3) is 0 Å². The molecule has 0 N–H and O–H groups in total. The molecule has 0 fully saturated rings. The van der Waals surface area contributed by atoms with E-state index in [1.807, 2.05) is 24.3 Å². The van der Waals surface area contributed by atoms with Crippen LogP contribution in [0.1, 0.15) is 11.1 Å². The predicted molar refractivity (Wildman–Crippen MR) is 173 cm³/mol. The molecular weight excluding hydrogens is 490 g/mol. The SMILES string of the molecule is BCc1c(-c2ccc(N=O)cc2)cc2ccccc2c1-c1c(CB)c(-c2ccc(N=O)cc2)cc2ccccc12. The summed E-state index contributed by atoms with van der Waals surface area (Å²) in [6, 6.07) is 36.8. The van der Waals surface area contributed by atoms with Crippen LogP contribution in [0.4, 0.5) is 11.4 Å². The first-order valence-electron chi connectivity index (χ1n) is 13.6. The van der Waals surface area contributed by atoms with E-state index in [1.165, 1.54) is 43.8 Å². The van der Waals surface area contributed by atoms with Gasteiger partial charge in [-0.15, -0.1) is 9.81 Å². The molecule has 0 saturated carbocycles. The summed E-state index contributed by atoms with van der Waals surface area (Å²) in [5.41, 5.74) is 10.3. The van der Waals surface area contributed by atoms with Crippen molar-refractivity contribution in [2.24, 2.45) is 10.4 Å². The average molecular weight is 516 g/mol. The molecule has 0 aliphatic carbocycles. The van der Waals surface area contributed by atoms with Crippen LogP contribution in [0.2, 0.25) is 0 Å². The van der Waals surface area contributed by atoms with Crippen LogP contribution in [-0.2, 0) is 12.6 Å². The Balaban J connectivity index is 1.76. The Hall–Kier alpha value is -4.83. The maximum atomic E-state index is 11.1. The lowest BCUT2D eigenvalue weighted by atomic mass is 9.76. The van der Waals surface area contributed by atoms with E-state index in [2.05, 4.69) is 86.7 Å². The standard InChI is InChI=1S/C34H26B2N2O2/c35-19-31-29(21-9-13-25(37-39)14-10-21)17-23-5-1-3-7-27(23)33(31)34-28-8-4-2-6-24(28)18-30(32(34)20-36)22-11-15-26(38-40)16-12-22/h1-18H,19-20,35-36H2. The Morgan fingerprint density at radius 3 is 1.23 bits per heavy atom. The van der Waals surface area contributed by atoms with Crippen LogP contribution < -0.4 is 0 Å². The lowest BCUT2D eigenvalue weighted by Crippen LogP contribution is -2.02. The second-order valence-corrected chi connectivity index (χ2v) is 9.98. The molecule has 0 unspecified atom stereocenters. The molecule has 0 atom stereocenters. The van der Waals surface area contributed by atoms with Gasteiger partial charge in [0.1, 0.15) is 27.1 Å². The summed E-state index contributed by atoms with van der Waals surface area (Å²) < 4.78 is 0. The summed E-state index contributed by atoms with van der Waals surface area (Å²) in [5.74, 6) is 0. The van der Waals surface area contributed by atoms with Crippen molar-refractivity contribution in [1.29, 1.82) is 0 Å². The number of rotatable bonds is 7. The van der Waals surface area contributed by atoms with Gasteiger partial charge in [-0.1, -0.05) is 85.4 Å². The lowest BCUT2D eigenvalue weighted by Gasteiger charge is -2.24. The molecule has 40 heavy (non-hydrogen) atoms. The highest BCUT2D eigenvalue weighted by atomic mass is 16.3. The van der Waals surface area contributed by atoms with Crippen LogP contribution in [0.3, 0.4) is 0 Å². The van der Waals surface area contributed by atoms with E-state index in [4.69, 9.17) is 0 Å². The number of hydrogen-bond donors (Lipinski definition) is 0. The fourth-order valence-corrected chi connectivity index (χ4v) is 6.01. The van der Waals surface area contributed by atoms with Crippen LogP contribution >= 0.6 is 0 Å². The molecule has 0 radical (unpaired) electrons. The molecule has 6 heteroatoms. The minimum absolute atomic E-state index is 0.422. The van der Waals surface area contributed by atoms with Gasteiger partial charge in [-0.2, -0.15) is 0 Å². The van der Waals surface area contributed by atoms with Gasteiger partial charge in [-0.05, 0) is 113 Å². The molecule has 0 aromatic heterocycles. The molecule has 0 spiro atoms. The van der Waals surface area contributed by atoms with Crippen LogP contribution in [0, 0.1) is 9.81 Å². The normalized spacial score (nSPS) is 11.1.